The van der Waals surface area contributed by atoms with Gasteiger partial charge in [-0.3, -0.25) is 9.59 Å². The summed E-state index contributed by atoms with van der Waals surface area (Å²) in [6, 6.07) is 0. The second-order valence-electron chi connectivity index (χ2n) is 2.35. The van der Waals surface area contributed by atoms with Crippen LogP contribution in [-0.2, 0) is 14.3 Å². The van der Waals surface area contributed by atoms with E-state index < -0.39 is 11.9 Å². The molecule has 0 fully saturated rings. The predicted molar refractivity (Wildman–Crippen MR) is 43.1 cm³/mol. The molecule has 0 aliphatic carbocycles. The second-order valence-corrected chi connectivity index (χ2v) is 2.35. The smallest absolute Gasteiger partial charge is 1.00 e. The summed E-state index contributed by atoms with van der Waals surface area (Å²) in [5.41, 5.74) is 0. The molecule has 68 valence electrons. The Bertz CT molecular complexity index is 141. The van der Waals surface area contributed by atoms with Gasteiger partial charge in [-0.25, -0.2) is 0 Å². The third kappa shape index (κ3) is 13.1. The minimum absolute atomic E-state index is 0. The van der Waals surface area contributed by atoms with Gasteiger partial charge < -0.3 is 7.59 Å². The van der Waals surface area contributed by atoms with E-state index in [1.165, 1.54) is 0 Å². The minimum Gasteiger partial charge on any atom is -1.00 e. The number of hydrogen-bond acceptors (Lipinski definition) is 3. The fourth-order valence-corrected chi connectivity index (χ4v) is 0.637. The molecule has 0 aliphatic heterocycles. The maximum Gasteiger partial charge on any atom is 1.00 e. The van der Waals surface area contributed by atoms with E-state index in [2.05, 4.69) is 4.74 Å². The van der Waals surface area contributed by atoms with Gasteiger partial charge in [-0.15, -0.1) is 0 Å². The molecular formula is C8H16Na2O3. The zero-order valence-corrected chi connectivity index (χ0v) is 13.1. The molecule has 0 aliphatic rings. The topological polar surface area (TPSA) is 43.4 Å². The van der Waals surface area contributed by atoms with Crippen molar-refractivity contribution in [3.05, 3.63) is 0 Å². The van der Waals surface area contributed by atoms with Gasteiger partial charge in [0.05, 0.1) is 0 Å². The molecule has 0 spiro atoms. The summed E-state index contributed by atoms with van der Waals surface area (Å²) in [5.74, 6) is -0.822. The fourth-order valence-electron chi connectivity index (χ4n) is 0.637. The van der Waals surface area contributed by atoms with Crippen molar-refractivity contribution in [2.24, 2.45) is 0 Å². The van der Waals surface area contributed by atoms with Gasteiger partial charge in [-0.05, 0) is 12.8 Å². The van der Waals surface area contributed by atoms with Crippen LogP contribution in [0.4, 0.5) is 0 Å². The Morgan fingerprint density at radius 3 is 1.54 bits per heavy atom. The fraction of sp³-hybridized carbons (Fsp3) is 0.750. The van der Waals surface area contributed by atoms with Crippen LogP contribution >= 0.6 is 0 Å². The molecule has 0 aromatic heterocycles. The molecule has 0 saturated carbocycles. The Balaban J connectivity index is -0.0000000833. The van der Waals surface area contributed by atoms with Crippen molar-refractivity contribution in [3.63, 3.8) is 0 Å². The zero-order chi connectivity index (χ0) is 8.69. The Morgan fingerprint density at radius 2 is 1.31 bits per heavy atom. The molecule has 3 nitrogen and oxygen atoms in total. The Kier molecular flexibility index (Phi) is 19.9. The van der Waals surface area contributed by atoms with Gasteiger partial charge in [0.15, 0.2) is 0 Å². The number of hydrogen-bond donors (Lipinski definition) is 0. The number of ether oxygens (including phenoxy) is 1. The van der Waals surface area contributed by atoms with E-state index in [4.69, 9.17) is 0 Å². The summed E-state index contributed by atoms with van der Waals surface area (Å²) in [6.45, 7) is 3.73. The van der Waals surface area contributed by atoms with Gasteiger partial charge in [0.1, 0.15) is 0 Å². The molecule has 0 N–H and O–H groups in total. The molecule has 0 aromatic rings. The van der Waals surface area contributed by atoms with Gasteiger partial charge in [0.25, 0.3) is 0 Å². The van der Waals surface area contributed by atoms with Crippen LogP contribution in [0.3, 0.4) is 0 Å². The molecule has 0 unspecified atom stereocenters. The van der Waals surface area contributed by atoms with Crippen LogP contribution < -0.4 is 59.1 Å². The van der Waals surface area contributed by atoms with E-state index in [1.807, 2.05) is 13.8 Å². The van der Waals surface area contributed by atoms with E-state index in [0.29, 0.717) is 12.8 Å². The number of carbonyl (C=O) groups is 2. The van der Waals surface area contributed by atoms with Crippen molar-refractivity contribution in [1.82, 2.24) is 0 Å². The first-order valence-electron chi connectivity index (χ1n) is 3.94. The van der Waals surface area contributed by atoms with Crippen molar-refractivity contribution in [3.8, 4) is 0 Å². The van der Waals surface area contributed by atoms with Gasteiger partial charge in [0.2, 0.25) is 0 Å². The summed E-state index contributed by atoms with van der Waals surface area (Å²) in [5, 5.41) is 0. The zero-order valence-electron chi connectivity index (χ0n) is 11.1. The van der Waals surface area contributed by atoms with Crippen LogP contribution in [0.15, 0.2) is 0 Å². The van der Waals surface area contributed by atoms with Gasteiger partial charge in [-0.2, -0.15) is 0 Å². The molecule has 0 aromatic carbocycles. The number of esters is 2. The van der Waals surface area contributed by atoms with Crippen LogP contribution in [0.5, 0.6) is 0 Å². The average Bonchev–Trinajstić information content (AvgIpc) is 1.87. The van der Waals surface area contributed by atoms with Crippen molar-refractivity contribution in [2.45, 2.75) is 39.5 Å². The summed E-state index contributed by atoms with van der Waals surface area (Å²) in [7, 11) is 0. The molecule has 0 heterocycles. The van der Waals surface area contributed by atoms with E-state index in [1.54, 1.807) is 0 Å². The maximum atomic E-state index is 10.7. The van der Waals surface area contributed by atoms with Crippen LogP contribution in [0.1, 0.15) is 42.4 Å². The monoisotopic (exact) mass is 206 g/mol. The number of rotatable bonds is 4. The molecular weight excluding hydrogens is 190 g/mol. The largest absolute Gasteiger partial charge is 1.00 e. The quantitative estimate of drug-likeness (QED) is 0.267. The normalized spacial score (nSPS) is 7.85. The van der Waals surface area contributed by atoms with E-state index in [0.717, 1.165) is 12.8 Å². The standard InChI is InChI=1S/C8H14O3.2Na.2H/c1-3-5-7(9)11-8(10)6-4-2;;;;/h3-6H2,1-2H3;;;;/q;2*+1;2*-1. The van der Waals surface area contributed by atoms with Gasteiger partial charge in [-0.1, -0.05) is 13.8 Å². The Labute approximate surface area is 127 Å². The van der Waals surface area contributed by atoms with Gasteiger partial charge >= 0.3 is 71.1 Å². The van der Waals surface area contributed by atoms with Crippen molar-refractivity contribution >= 4 is 11.9 Å². The minimum atomic E-state index is -0.411. The van der Waals surface area contributed by atoms with E-state index >= 15 is 0 Å². The maximum absolute atomic E-state index is 10.7. The average molecular weight is 206 g/mol. The SMILES string of the molecule is CCCC(=O)OC(=O)CCC.[H-].[H-].[Na+].[Na+]. The van der Waals surface area contributed by atoms with Crippen LogP contribution in [0.25, 0.3) is 0 Å². The van der Waals surface area contributed by atoms with Crippen LogP contribution in [0, 0.1) is 0 Å². The summed E-state index contributed by atoms with van der Waals surface area (Å²) in [6.07, 6.45) is 2.10. The first-order valence-corrected chi connectivity index (χ1v) is 3.94. The van der Waals surface area contributed by atoms with E-state index in [-0.39, 0.29) is 62.0 Å². The first-order chi connectivity index (χ1) is 5.20. The summed E-state index contributed by atoms with van der Waals surface area (Å²) < 4.78 is 4.45. The Morgan fingerprint density at radius 1 is 1.00 bits per heavy atom. The summed E-state index contributed by atoms with van der Waals surface area (Å²) >= 11 is 0. The van der Waals surface area contributed by atoms with Crippen molar-refractivity contribution < 1.29 is 76.3 Å². The molecule has 0 bridgehead atoms. The molecule has 0 saturated heterocycles. The summed E-state index contributed by atoms with van der Waals surface area (Å²) in [4.78, 5) is 21.4. The first kappa shape index (κ1) is 19.7. The third-order valence-corrected chi connectivity index (χ3v) is 1.14. The predicted octanol–water partition coefficient (Wildman–Crippen LogP) is -4.11. The van der Waals surface area contributed by atoms with Crippen molar-refractivity contribution in [1.29, 1.82) is 0 Å². The van der Waals surface area contributed by atoms with E-state index in [9.17, 15) is 9.59 Å². The van der Waals surface area contributed by atoms with Crippen LogP contribution in [0.2, 0.25) is 0 Å². The van der Waals surface area contributed by atoms with Gasteiger partial charge in [0, 0.05) is 12.8 Å². The molecule has 5 heteroatoms. The van der Waals surface area contributed by atoms with Crippen LogP contribution in [-0.4, -0.2) is 11.9 Å². The molecule has 0 rings (SSSR count). The molecule has 13 heavy (non-hydrogen) atoms. The molecule has 0 radical (unpaired) electrons. The molecule has 0 atom stereocenters. The third-order valence-electron chi connectivity index (χ3n) is 1.14. The molecule has 0 amide bonds. The second kappa shape index (κ2) is 13.1. The number of carbonyl (C=O) groups excluding carboxylic acids is 2. The Hall–Kier alpha value is 1.14. The van der Waals surface area contributed by atoms with Crippen molar-refractivity contribution in [2.75, 3.05) is 0 Å².